The summed E-state index contributed by atoms with van der Waals surface area (Å²) in [6, 6.07) is 9.49. The monoisotopic (exact) mass is 314 g/mol. The third kappa shape index (κ3) is 3.20. The van der Waals surface area contributed by atoms with E-state index in [-0.39, 0.29) is 0 Å². The molecule has 0 amide bonds. The van der Waals surface area contributed by atoms with Gasteiger partial charge < -0.3 is 0 Å². The number of pyridine rings is 2. The molecule has 5 heteroatoms. The summed E-state index contributed by atoms with van der Waals surface area (Å²) in [5.41, 5.74) is 0.954. The van der Waals surface area contributed by atoms with E-state index in [0.717, 1.165) is 20.9 Å². The molecule has 2 heterocycles. The van der Waals surface area contributed by atoms with Gasteiger partial charge in [0, 0.05) is 16.4 Å². The topological polar surface area (TPSA) is 25.8 Å². The van der Waals surface area contributed by atoms with E-state index in [9.17, 15) is 0 Å². The van der Waals surface area contributed by atoms with E-state index in [1.807, 2.05) is 24.3 Å². The standard InChI is InChI=1S/C11H8BrClN2S/c12-9-4-2-6-14-11(9)16-7-8-3-1-5-10(13)15-8/h1-6H,7H2. The van der Waals surface area contributed by atoms with Crippen molar-refractivity contribution in [1.82, 2.24) is 9.97 Å². The summed E-state index contributed by atoms with van der Waals surface area (Å²) in [5.74, 6) is 0.760. The van der Waals surface area contributed by atoms with Crippen molar-refractivity contribution < 1.29 is 0 Å². The number of thioether (sulfide) groups is 1. The molecule has 0 saturated carbocycles. The van der Waals surface area contributed by atoms with Gasteiger partial charge in [0.05, 0.1) is 5.69 Å². The van der Waals surface area contributed by atoms with Crippen LogP contribution in [0.5, 0.6) is 0 Å². The minimum Gasteiger partial charge on any atom is -0.249 e. The average Bonchev–Trinajstić information content (AvgIpc) is 2.28. The minimum atomic E-state index is 0.526. The first-order valence-electron chi connectivity index (χ1n) is 4.60. The zero-order chi connectivity index (χ0) is 11.4. The maximum Gasteiger partial charge on any atom is 0.129 e. The largest absolute Gasteiger partial charge is 0.249 e. The molecule has 0 unspecified atom stereocenters. The molecule has 0 fully saturated rings. The van der Waals surface area contributed by atoms with Crippen LogP contribution in [0.3, 0.4) is 0 Å². The maximum absolute atomic E-state index is 5.81. The molecule has 0 spiro atoms. The fourth-order valence-corrected chi connectivity index (χ4v) is 2.72. The highest BCUT2D eigenvalue weighted by molar-refractivity contribution is 9.10. The number of aromatic nitrogens is 2. The van der Waals surface area contributed by atoms with Gasteiger partial charge in [-0.25, -0.2) is 9.97 Å². The molecule has 2 rings (SSSR count). The van der Waals surface area contributed by atoms with Crippen LogP contribution in [0.25, 0.3) is 0 Å². The van der Waals surface area contributed by atoms with Gasteiger partial charge >= 0.3 is 0 Å². The number of rotatable bonds is 3. The Bertz CT molecular complexity index is 493. The van der Waals surface area contributed by atoms with Crippen LogP contribution < -0.4 is 0 Å². The maximum atomic E-state index is 5.81. The van der Waals surface area contributed by atoms with Crippen LogP contribution in [0, 0.1) is 0 Å². The van der Waals surface area contributed by atoms with Gasteiger partial charge in [0.2, 0.25) is 0 Å². The molecule has 0 saturated heterocycles. The van der Waals surface area contributed by atoms with Crippen LogP contribution in [-0.2, 0) is 5.75 Å². The molecular formula is C11H8BrClN2S. The second kappa shape index (κ2) is 5.66. The predicted molar refractivity (Wildman–Crippen MR) is 70.7 cm³/mol. The molecule has 0 bridgehead atoms. The third-order valence-corrected chi connectivity index (χ3v) is 4.01. The van der Waals surface area contributed by atoms with E-state index in [4.69, 9.17) is 11.6 Å². The lowest BCUT2D eigenvalue weighted by Gasteiger charge is -2.02. The fraction of sp³-hybridized carbons (Fsp3) is 0.0909. The summed E-state index contributed by atoms with van der Waals surface area (Å²) < 4.78 is 1.00. The number of nitrogens with zero attached hydrogens (tertiary/aromatic N) is 2. The van der Waals surface area contributed by atoms with E-state index in [1.54, 1.807) is 24.0 Å². The van der Waals surface area contributed by atoms with Crippen molar-refractivity contribution in [3.05, 3.63) is 51.8 Å². The average molecular weight is 316 g/mol. The van der Waals surface area contributed by atoms with Crippen molar-refractivity contribution in [1.29, 1.82) is 0 Å². The van der Waals surface area contributed by atoms with E-state index in [2.05, 4.69) is 25.9 Å². The van der Waals surface area contributed by atoms with Crippen molar-refractivity contribution in [2.24, 2.45) is 0 Å². The van der Waals surface area contributed by atoms with Crippen LogP contribution in [0.2, 0.25) is 5.15 Å². The molecule has 0 aliphatic carbocycles. The number of hydrogen-bond donors (Lipinski definition) is 0. The second-order valence-corrected chi connectivity index (χ2v) is 5.24. The molecule has 2 aromatic rings. The Morgan fingerprint density at radius 1 is 1.25 bits per heavy atom. The molecule has 82 valence electrons. The predicted octanol–water partition coefficient (Wildman–Crippen LogP) is 4.18. The normalized spacial score (nSPS) is 10.4. The number of hydrogen-bond acceptors (Lipinski definition) is 3. The van der Waals surface area contributed by atoms with Gasteiger partial charge in [-0.2, -0.15) is 0 Å². The lowest BCUT2D eigenvalue weighted by molar-refractivity contribution is 1.10. The molecule has 0 atom stereocenters. The lowest BCUT2D eigenvalue weighted by Crippen LogP contribution is -1.88. The van der Waals surface area contributed by atoms with Gasteiger partial charge in [0.1, 0.15) is 10.2 Å². The van der Waals surface area contributed by atoms with Crippen molar-refractivity contribution in [2.45, 2.75) is 10.8 Å². The Morgan fingerprint density at radius 2 is 2.12 bits per heavy atom. The smallest absolute Gasteiger partial charge is 0.129 e. The Balaban J connectivity index is 2.05. The first-order chi connectivity index (χ1) is 7.75. The minimum absolute atomic E-state index is 0.526. The summed E-state index contributed by atoms with van der Waals surface area (Å²) in [5, 5.41) is 1.49. The van der Waals surface area contributed by atoms with Gasteiger partial charge in [0.25, 0.3) is 0 Å². The Morgan fingerprint density at radius 3 is 2.88 bits per heavy atom. The van der Waals surface area contributed by atoms with Gasteiger partial charge in [0.15, 0.2) is 0 Å². The summed E-state index contributed by atoms with van der Waals surface area (Å²) >= 11 is 10.9. The molecule has 0 N–H and O–H groups in total. The Kier molecular flexibility index (Phi) is 4.21. The van der Waals surface area contributed by atoms with E-state index in [0.29, 0.717) is 5.15 Å². The van der Waals surface area contributed by atoms with Crippen LogP contribution in [0.15, 0.2) is 46.0 Å². The summed E-state index contributed by atoms with van der Waals surface area (Å²) in [7, 11) is 0. The molecule has 16 heavy (non-hydrogen) atoms. The van der Waals surface area contributed by atoms with Gasteiger partial charge in [-0.1, -0.05) is 29.4 Å². The Hall–Kier alpha value is -0.580. The lowest BCUT2D eigenvalue weighted by atomic mass is 10.4. The van der Waals surface area contributed by atoms with Gasteiger partial charge in [-0.15, -0.1) is 0 Å². The molecule has 2 nitrogen and oxygen atoms in total. The van der Waals surface area contributed by atoms with Crippen LogP contribution in [0.4, 0.5) is 0 Å². The summed E-state index contributed by atoms with van der Waals surface area (Å²) in [6.45, 7) is 0. The molecule has 0 aromatic carbocycles. The van der Waals surface area contributed by atoms with Gasteiger partial charge in [-0.05, 0) is 40.2 Å². The van der Waals surface area contributed by atoms with Crippen molar-refractivity contribution in [3.63, 3.8) is 0 Å². The molecule has 2 aromatic heterocycles. The first kappa shape index (κ1) is 11.9. The SMILES string of the molecule is Clc1cccc(CSc2ncccc2Br)n1. The highest BCUT2D eigenvalue weighted by atomic mass is 79.9. The van der Waals surface area contributed by atoms with E-state index in [1.165, 1.54) is 0 Å². The third-order valence-electron chi connectivity index (χ3n) is 1.85. The van der Waals surface area contributed by atoms with Crippen molar-refractivity contribution in [3.8, 4) is 0 Å². The first-order valence-corrected chi connectivity index (χ1v) is 6.76. The zero-order valence-corrected chi connectivity index (χ0v) is 11.4. The van der Waals surface area contributed by atoms with Gasteiger partial charge in [-0.3, -0.25) is 0 Å². The number of halogens is 2. The molecule has 0 aliphatic rings. The molecule has 0 radical (unpaired) electrons. The van der Waals surface area contributed by atoms with Crippen LogP contribution in [-0.4, -0.2) is 9.97 Å². The summed E-state index contributed by atoms with van der Waals surface area (Å²) in [6.07, 6.45) is 1.78. The zero-order valence-electron chi connectivity index (χ0n) is 8.23. The van der Waals surface area contributed by atoms with Crippen molar-refractivity contribution >= 4 is 39.3 Å². The Labute approximate surface area is 112 Å². The summed E-state index contributed by atoms with van der Waals surface area (Å²) in [4.78, 5) is 8.49. The highest BCUT2D eigenvalue weighted by Gasteiger charge is 2.02. The second-order valence-electron chi connectivity index (χ2n) is 3.03. The van der Waals surface area contributed by atoms with Crippen molar-refractivity contribution in [2.75, 3.05) is 0 Å². The van der Waals surface area contributed by atoms with Crippen LogP contribution >= 0.6 is 39.3 Å². The van der Waals surface area contributed by atoms with E-state index >= 15 is 0 Å². The quantitative estimate of drug-likeness (QED) is 0.627. The fourth-order valence-electron chi connectivity index (χ4n) is 1.15. The molecule has 0 aliphatic heterocycles. The van der Waals surface area contributed by atoms with E-state index < -0.39 is 0 Å². The van der Waals surface area contributed by atoms with Crippen LogP contribution in [0.1, 0.15) is 5.69 Å². The molecular weight excluding hydrogens is 308 g/mol. The highest BCUT2D eigenvalue weighted by Crippen LogP contribution is 2.27.